The Kier molecular flexibility index (Phi) is 4.30. The lowest BCUT2D eigenvalue weighted by molar-refractivity contribution is -0.0443. The van der Waals surface area contributed by atoms with E-state index in [-0.39, 0.29) is 17.5 Å². The molecule has 1 aliphatic carbocycles. The molecule has 0 aromatic carbocycles. The predicted molar refractivity (Wildman–Crippen MR) is 68.6 cm³/mol. The fraction of sp³-hybridized carbons (Fsp3) is 0.643. The number of rotatable bonds is 3. The maximum atomic E-state index is 13.2. The van der Waals surface area contributed by atoms with Gasteiger partial charge in [-0.2, -0.15) is 0 Å². The number of halogens is 1. The van der Waals surface area contributed by atoms with Crippen molar-refractivity contribution in [3.05, 3.63) is 29.8 Å². The molecular formula is C14H21FN2O. The molecule has 0 radical (unpaired) electrons. The molecule has 0 aliphatic heterocycles. The Hall–Kier alpha value is -1.00. The Morgan fingerprint density at radius 1 is 1.28 bits per heavy atom. The van der Waals surface area contributed by atoms with Gasteiger partial charge >= 0.3 is 0 Å². The van der Waals surface area contributed by atoms with Crippen LogP contribution in [0.4, 0.5) is 4.39 Å². The van der Waals surface area contributed by atoms with E-state index in [4.69, 9.17) is 10.5 Å². The second-order valence-corrected chi connectivity index (χ2v) is 5.10. The molecule has 1 saturated carbocycles. The first-order valence-electron chi connectivity index (χ1n) is 6.59. The normalized spacial score (nSPS) is 21.3. The van der Waals surface area contributed by atoms with Gasteiger partial charge in [0.25, 0.3) is 0 Å². The summed E-state index contributed by atoms with van der Waals surface area (Å²) in [7, 11) is 1.71. The summed E-state index contributed by atoms with van der Waals surface area (Å²) in [5.74, 6) is -0.345. The zero-order valence-corrected chi connectivity index (χ0v) is 10.9. The van der Waals surface area contributed by atoms with Crippen molar-refractivity contribution in [1.29, 1.82) is 0 Å². The minimum Gasteiger partial charge on any atom is -0.376 e. The maximum absolute atomic E-state index is 13.2. The van der Waals surface area contributed by atoms with Crippen LogP contribution in [0, 0.1) is 5.82 Å². The SMILES string of the molecule is COC1(C(N)c2cncc(F)c2)CCCCCC1. The summed E-state index contributed by atoms with van der Waals surface area (Å²) in [6, 6.07) is 1.15. The van der Waals surface area contributed by atoms with Crippen LogP contribution in [0.2, 0.25) is 0 Å². The number of methoxy groups -OCH3 is 1. The summed E-state index contributed by atoms with van der Waals surface area (Å²) >= 11 is 0. The van der Waals surface area contributed by atoms with Crippen LogP contribution in [0.3, 0.4) is 0 Å². The average molecular weight is 252 g/mol. The van der Waals surface area contributed by atoms with Gasteiger partial charge in [0, 0.05) is 13.3 Å². The number of hydrogen-bond acceptors (Lipinski definition) is 3. The second kappa shape index (κ2) is 5.76. The van der Waals surface area contributed by atoms with Crippen molar-refractivity contribution in [2.75, 3.05) is 7.11 Å². The van der Waals surface area contributed by atoms with E-state index in [1.165, 1.54) is 25.1 Å². The van der Waals surface area contributed by atoms with Crippen LogP contribution < -0.4 is 5.73 Å². The van der Waals surface area contributed by atoms with Crippen molar-refractivity contribution >= 4 is 0 Å². The van der Waals surface area contributed by atoms with Crippen LogP contribution in [-0.4, -0.2) is 17.7 Å². The maximum Gasteiger partial charge on any atom is 0.141 e. The summed E-state index contributed by atoms with van der Waals surface area (Å²) in [4.78, 5) is 3.88. The minimum atomic E-state index is -0.369. The van der Waals surface area contributed by atoms with E-state index in [1.54, 1.807) is 13.3 Å². The topological polar surface area (TPSA) is 48.1 Å². The number of hydrogen-bond donors (Lipinski definition) is 1. The molecule has 0 spiro atoms. The molecular weight excluding hydrogens is 231 g/mol. The lowest BCUT2D eigenvalue weighted by Crippen LogP contribution is -2.42. The van der Waals surface area contributed by atoms with E-state index in [9.17, 15) is 4.39 Å². The number of ether oxygens (including phenoxy) is 1. The quantitative estimate of drug-likeness (QED) is 0.841. The molecule has 1 aromatic rings. The van der Waals surface area contributed by atoms with Crippen LogP contribution in [0.5, 0.6) is 0 Å². The van der Waals surface area contributed by atoms with Gasteiger partial charge in [-0.15, -0.1) is 0 Å². The fourth-order valence-corrected chi connectivity index (χ4v) is 2.87. The summed E-state index contributed by atoms with van der Waals surface area (Å²) < 4.78 is 19.0. The predicted octanol–water partition coefficient (Wildman–Crippen LogP) is 2.96. The van der Waals surface area contributed by atoms with Gasteiger partial charge in [0.05, 0.1) is 17.8 Å². The molecule has 100 valence electrons. The molecule has 3 nitrogen and oxygen atoms in total. The molecule has 1 aliphatic rings. The van der Waals surface area contributed by atoms with E-state index >= 15 is 0 Å². The number of nitrogens with zero attached hydrogens (tertiary/aromatic N) is 1. The Bertz CT molecular complexity index is 389. The third-order valence-electron chi connectivity index (χ3n) is 4.01. The molecule has 1 aromatic heterocycles. The van der Waals surface area contributed by atoms with Crippen molar-refractivity contribution in [3.8, 4) is 0 Å². The molecule has 0 amide bonds. The van der Waals surface area contributed by atoms with E-state index in [0.29, 0.717) is 0 Å². The molecule has 2 N–H and O–H groups in total. The highest BCUT2D eigenvalue weighted by Gasteiger charge is 2.38. The first-order valence-corrected chi connectivity index (χ1v) is 6.59. The van der Waals surface area contributed by atoms with Crippen LogP contribution in [0.15, 0.2) is 18.5 Å². The minimum absolute atomic E-state index is 0.316. The Morgan fingerprint density at radius 2 is 1.94 bits per heavy atom. The molecule has 1 unspecified atom stereocenters. The van der Waals surface area contributed by atoms with Gasteiger partial charge in [0.15, 0.2) is 0 Å². The first-order chi connectivity index (χ1) is 8.68. The molecule has 1 atom stereocenters. The third kappa shape index (κ3) is 2.70. The van der Waals surface area contributed by atoms with Gasteiger partial charge in [-0.1, -0.05) is 25.7 Å². The highest BCUT2D eigenvalue weighted by Crippen LogP contribution is 2.38. The largest absolute Gasteiger partial charge is 0.376 e. The van der Waals surface area contributed by atoms with Crippen LogP contribution in [0.1, 0.15) is 50.1 Å². The molecule has 0 bridgehead atoms. The van der Waals surface area contributed by atoms with Crippen molar-refractivity contribution < 1.29 is 9.13 Å². The van der Waals surface area contributed by atoms with E-state index in [2.05, 4.69) is 4.98 Å². The zero-order valence-electron chi connectivity index (χ0n) is 10.9. The van der Waals surface area contributed by atoms with Gasteiger partial charge in [-0.25, -0.2) is 4.39 Å². The molecule has 4 heteroatoms. The van der Waals surface area contributed by atoms with Gasteiger partial charge < -0.3 is 10.5 Å². The van der Waals surface area contributed by atoms with Gasteiger partial charge in [0.1, 0.15) is 5.82 Å². The lowest BCUT2D eigenvalue weighted by Gasteiger charge is -2.37. The number of nitrogens with two attached hydrogens (primary N) is 1. The summed E-state index contributed by atoms with van der Waals surface area (Å²) in [6.45, 7) is 0. The highest BCUT2D eigenvalue weighted by atomic mass is 19.1. The van der Waals surface area contributed by atoms with Gasteiger partial charge in [0.2, 0.25) is 0 Å². The van der Waals surface area contributed by atoms with Crippen LogP contribution in [0.25, 0.3) is 0 Å². The monoisotopic (exact) mass is 252 g/mol. The third-order valence-corrected chi connectivity index (χ3v) is 4.01. The second-order valence-electron chi connectivity index (χ2n) is 5.10. The lowest BCUT2D eigenvalue weighted by atomic mass is 9.83. The molecule has 18 heavy (non-hydrogen) atoms. The fourth-order valence-electron chi connectivity index (χ4n) is 2.87. The number of pyridine rings is 1. The van der Waals surface area contributed by atoms with Crippen LogP contribution in [-0.2, 0) is 4.74 Å². The highest BCUT2D eigenvalue weighted by molar-refractivity contribution is 5.19. The number of aromatic nitrogens is 1. The summed E-state index contributed by atoms with van der Waals surface area (Å²) in [6.07, 6.45) is 9.37. The molecule has 0 saturated heterocycles. The first kappa shape index (κ1) is 13.4. The Morgan fingerprint density at radius 3 is 2.50 bits per heavy atom. The van der Waals surface area contributed by atoms with E-state index in [1.807, 2.05) is 0 Å². The van der Waals surface area contributed by atoms with E-state index in [0.717, 1.165) is 31.2 Å². The van der Waals surface area contributed by atoms with E-state index < -0.39 is 0 Å². The zero-order chi connectivity index (χ0) is 13.0. The Labute approximate surface area is 108 Å². The van der Waals surface area contributed by atoms with Crippen molar-refractivity contribution in [2.45, 2.75) is 50.2 Å². The van der Waals surface area contributed by atoms with Crippen LogP contribution >= 0.6 is 0 Å². The Balaban J connectivity index is 2.25. The van der Waals surface area contributed by atoms with Crippen molar-refractivity contribution in [1.82, 2.24) is 4.98 Å². The van der Waals surface area contributed by atoms with Crippen molar-refractivity contribution in [3.63, 3.8) is 0 Å². The average Bonchev–Trinajstić information content (AvgIpc) is 2.64. The molecule has 1 fully saturated rings. The summed E-state index contributed by atoms with van der Waals surface area (Å²) in [5, 5.41) is 0. The molecule has 1 heterocycles. The van der Waals surface area contributed by atoms with Crippen molar-refractivity contribution in [2.24, 2.45) is 5.73 Å². The smallest absolute Gasteiger partial charge is 0.141 e. The van der Waals surface area contributed by atoms with Gasteiger partial charge in [-0.05, 0) is 24.5 Å². The summed E-state index contributed by atoms with van der Waals surface area (Å²) in [5.41, 5.74) is 6.67. The standard InChI is InChI=1S/C14H21FN2O/c1-18-14(6-4-2-3-5-7-14)13(16)11-8-12(15)10-17-9-11/h8-10,13H,2-7,16H2,1H3. The molecule has 2 rings (SSSR count). The van der Waals surface area contributed by atoms with Gasteiger partial charge in [-0.3, -0.25) is 4.98 Å².